The number of hydrogen-bond donors (Lipinski definition) is 1. The highest BCUT2D eigenvalue weighted by Crippen LogP contribution is 2.24. The maximum atomic E-state index is 13.4. The van der Waals surface area contributed by atoms with E-state index in [0.29, 0.717) is 22.8 Å². The van der Waals surface area contributed by atoms with E-state index in [1.165, 1.54) is 12.1 Å². The molecule has 0 bridgehead atoms. The van der Waals surface area contributed by atoms with Crippen LogP contribution in [0.3, 0.4) is 0 Å². The van der Waals surface area contributed by atoms with Gasteiger partial charge in [-0.1, -0.05) is 30.3 Å². The number of aromatic nitrogens is 3. The van der Waals surface area contributed by atoms with E-state index in [1.807, 2.05) is 66.3 Å². The van der Waals surface area contributed by atoms with Crippen molar-refractivity contribution < 1.29 is 9.18 Å². The van der Waals surface area contributed by atoms with Gasteiger partial charge in [-0.25, -0.2) is 9.07 Å². The summed E-state index contributed by atoms with van der Waals surface area (Å²) >= 11 is 0. The van der Waals surface area contributed by atoms with Crippen LogP contribution in [0.1, 0.15) is 34.6 Å². The highest BCUT2D eigenvalue weighted by atomic mass is 19.1. The lowest BCUT2D eigenvalue weighted by molar-refractivity contribution is 0.0939. The Kier molecular flexibility index (Phi) is 4.99. The van der Waals surface area contributed by atoms with E-state index in [0.717, 1.165) is 5.56 Å². The van der Waals surface area contributed by atoms with Crippen LogP contribution in [0.5, 0.6) is 0 Å². The fourth-order valence-electron chi connectivity index (χ4n) is 3.35. The van der Waals surface area contributed by atoms with E-state index in [2.05, 4.69) is 10.4 Å². The molecule has 2 aromatic heterocycles. The van der Waals surface area contributed by atoms with Crippen molar-refractivity contribution in [3.8, 4) is 11.5 Å². The van der Waals surface area contributed by atoms with Gasteiger partial charge in [0.05, 0.1) is 17.4 Å². The average molecular weight is 388 g/mol. The summed E-state index contributed by atoms with van der Waals surface area (Å²) in [6.45, 7) is 3.75. The Morgan fingerprint density at radius 2 is 1.66 bits per heavy atom. The van der Waals surface area contributed by atoms with Crippen molar-refractivity contribution in [2.24, 2.45) is 0 Å². The number of aryl methyl sites for hydroxylation is 1. The van der Waals surface area contributed by atoms with Gasteiger partial charge in [-0.2, -0.15) is 5.10 Å². The van der Waals surface area contributed by atoms with Crippen molar-refractivity contribution in [1.29, 1.82) is 0 Å². The summed E-state index contributed by atoms with van der Waals surface area (Å²) < 4.78 is 16.9. The quantitative estimate of drug-likeness (QED) is 0.543. The topological polar surface area (TPSA) is 51.9 Å². The van der Waals surface area contributed by atoms with Crippen molar-refractivity contribution >= 4 is 5.91 Å². The molecule has 1 atom stereocenters. The Morgan fingerprint density at radius 1 is 1.00 bits per heavy atom. The number of halogens is 1. The van der Waals surface area contributed by atoms with Gasteiger partial charge in [0.1, 0.15) is 11.4 Å². The highest BCUT2D eigenvalue weighted by Gasteiger charge is 2.24. The number of hydrogen-bond acceptors (Lipinski definition) is 2. The van der Waals surface area contributed by atoms with Gasteiger partial charge in [-0.3, -0.25) is 4.79 Å². The third-order valence-corrected chi connectivity index (χ3v) is 4.83. The van der Waals surface area contributed by atoms with E-state index in [9.17, 15) is 9.18 Å². The smallest absolute Gasteiger partial charge is 0.257 e. The number of carbonyl (C=O) groups excluding carboxylic acids is 1. The number of carbonyl (C=O) groups is 1. The number of amides is 1. The van der Waals surface area contributed by atoms with Gasteiger partial charge in [0.2, 0.25) is 0 Å². The summed E-state index contributed by atoms with van der Waals surface area (Å²) in [7, 11) is 0. The second kappa shape index (κ2) is 7.75. The monoisotopic (exact) mass is 388 g/mol. The first-order valence-electron chi connectivity index (χ1n) is 9.39. The molecule has 1 N–H and O–H groups in total. The summed E-state index contributed by atoms with van der Waals surface area (Å²) in [6, 6.07) is 19.4. The zero-order valence-electron chi connectivity index (χ0n) is 16.2. The van der Waals surface area contributed by atoms with Gasteiger partial charge in [-0.15, -0.1) is 0 Å². The van der Waals surface area contributed by atoms with E-state index in [-0.39, 0.29) is 17.8 Å². The van der Waals surface area contributed by atoms with Crippen LogP contribution in [0.25, 0.3) is 11.5 Å². The van der Waals surface area contributed by atoms with Gasteiger partial charge in [0.25, 0.3) is 5.91 Å². The first kappa shape index (κ1) is 18.7. The molecule has 2 aromatic carbocycles. The molecule has 4 aromatic rings. The van der Waals surface area contributed by atoms with Gasteiger partial charge in [0, 0.05) is 12.4 Å². The van der Waals surface area contributed by atoms with Gasteiger partial charge in [-0.05, 0) is 55.8 Å². The second-order valence-electron chi connectivity index (χ2n) is 6.87. The molecule has 4 rings (SSSR count). The summed E-state index contributed by atoms with van der Waals surface area (Å²) in [5, 5.41) is 7.64. The molecular formula is C23H21FN4O. The van der Waals surface area contributed by atoms with E-state index in [1.54, 1.807) is 23.7 Å². The third kappa shape index (κ3) is 3.69. The van der Waals surface area contributed by atoms with Crippen molar-refractivity contribution in [1.82, 2.24) is 19.7 Å². The fourth-order valence-corrected chi connectivity index (χ4v) is 3.35. The van der Waals surface area contributed by atoms with E-state index < -0.39 is 0 Å². The van der Waals surface area contributed by atoms with Crippen molar-refractivity contribution in [3.05, 3.63) is 102 Å². The lowest BCUT2D eigenvalue weighted by atomic mass is 10.1. The molecule has 6 heteroatoms. The summed E-state index contributed by atoms with van der Waals surface area (Å²) in [5.74, 6) is 0.0718. The number of nitrogens with one attached hydrogen (secondary N) is 1. The minimum Gasteiger partial charge on any atom is -0.345 e. The molecule has 0 radical (unpaired) electrons. The molecule has 0 aliphatic carbocycles. The summed E-state index contributed by atoms with van der Waals surface area (Å²) in [4.78, 5) is 13.2. The standard InChI is InChI=1S/C23H21FN4O/c1-16(18-8-4-3-5-9-18)25-22(29)21-17(2)26-28(20-12-10-19(24)11-13-20)23(21)27-14-6-7-15-27/h3-16H,1-2H3,(H,25,29). The Labute approximate surface area is 168 Å². The van der Waals surface area contributed by atoms with Crippen LogP contribution in [0.15, 0.2) is 79.1 Å². The minimum atomic E-state index is -0.324. The maximum Gasteiger partial charge on any atom is 0.257 e. The number of nitrogens with zero attached hydrogens (tertiary/aromatic N) is 3. The molecule has 0 saturated carbocycles. The molecule has 1 amide bonds. The van der Waals surface area contributed by atoms with Crippen LogP contribution in [0.2, 0.25) is 0 Å². The molecule has 5 nitrogen and oxygen atoms in total. The van der Waals surface area contributed by atoms with Crippen LogP contribution < -0.4 is 5.32 Å². The van der Waals surface area contributed by atoms with Gasteiger partial charge in [0.15, 0.2) is 5.82 Å². The maximum absolute atomic E-state index is 13.4. The Morgan fingerprint density at radius 3 is 2.31 bits per heavy atom. The first-order chi connectivity index (χ1) is 14.0. The molecule has 1 unspecified atom stereocenters. The lowest BCUT2D eigenvalue weighted by Gasteiger charge is -2.16. The second-order valence-corrected chi connectivity index (χ2v) is 6.87. The highest BCUT2D eigenvalue weighted by molar-refractivity contribution is 5.99. The largest absolute Gasteiger partial charge is 0.345 e. The normalized spacial score (nSPS) is 12.0. The molecule has 0 aliphatic rings. The van der Waals surface area contributed by atoms with Gasteiger partial charge < -0.3 is 9.88 Å². The average Bonchev–Trinajstić information content (AvgIpc) is 3.36. The van der Waals surface area contributed by atoms with Crippen LogP contribution in [-0.4, -0.2) is 20.3 Å². The molecular weight excluding hydrogens is 367 g/mol. The van der Waals surface area contributed by atoms with Gasteiger partial charge >= 0.3 is 0 Å². The number of rotatable bonds is 5. The zero-order chi connectivity index (χ0) is 20.4. The SMILES string of the molecule is Cc1nn(-c2ccc(F)cc2)c(-n2cccc2)c1C(=O)NC(C)c1ccccc1. The van der Waals surface area contributed by atoms with Crippen LogP contribution in [0, 0.1) is 12.7 Å². The Bertz CT molecular complexity index is 1120. The van der Waals surface area contributed by atoms with Crippen molar-refractivity contribution in [2.45, 2.75) is 19.9 Å². The lowest BCUT2D eigenvalue weighted by Crippen LogP contribution is -2.28. The van der Waals surface area contributed by atoms with E-state index >= 15 is 0 Å². The minimum absolute atomic E-state index is 0.158. The molecule has 0 fully saturated rings. The third-order valence-electron chi connectivity index (χ3n) is 4.83. The predicted octanol–water partition coefficient (Wildman–Crippen LogP) is 4.60. The molecule has 0 spiro atoms. The predicted molar refractivity (Wildman–Crippen MR) is 110 cm³/mol. The summed E-state index contributed by atoms with van der Waals surface area (Å²) in [6.07, 6.45) is 3.71. The van der Waals surface area contributed by atoms with Crippen LogP contribution in [0.4, 0.5) is 4.39 Å². The first-order valence-corrected chi connectivity index (χ1v) is 9.39. The Hall–Kier alpha value is -3.67. The fraction of sp³-hybridized carbons (Fsp3) is 0.130. The van der Waals surface area contributed by atoms with Crippen molar-refractivity contribution in [3.63, 3.8) is 0 Å². The van der Waals surface area contributed by atoms with Crippen LogP contribution in [-0.2, 0) is 0 Å². The molecule has 2 heterocycles. The Balaban J connectivity index is 1.77. The molecule has 29 heavy (non-hydrogen) atoms. The number of benzene rings is 2. The molecule has 0 aliphatic heterocycles. The summed E-state index contributed by atoms with van der Waals surface area (Å²) in [5.41, 5.74) is 2.77. The van der Waals surface area contributed by atoms with E-state index in [4.69, 9.17) is 0 Å². The van der Waals surface area contributed by atoms with Crippen LogP contribution >= 0.6 is 0 Å². The van der Waals surface area contributed by atoms with Crippen molar-refractivity contribution in [2.75, 3.05) is 0 Å². The molecule has 146 valence electrons. The zero-order valence-corrected chi connectivity index (χ0v) is 16.2. The molecule has 0 saturated heterocycles.